The lowest BCUT2D eigenvalue weighted by atomic mass is 10.1. The molecule has 0 fully saturated rings. The Kier molecular flexibility index (Phi) is 4.34. The van der Waals surface area contributed by atoms with E-state index in [4.69, 9.17) is 9.47 Å². The third kappa shape index (κ3) is 3.22. The zero-order valence-electron chi connectivity index (χ0n) is 11.1. The molecule has 0 N–H and O–H groups in total. The lowest BCUT2D eigenvalue weighted by Crippen LogP contribution is -2.15. The van der Waals surface area contributed by atoms with Crippen molar-refractivity contribution in [2.45, 2.75) is 26.0 Å². The first-order valence-corrected chi connectivity index (χ1v) is 6.30. The van der Waals surface area contributed by atoms with Crippen molar-refractivity contribution in [3.8, 4) is 5.75 Å². The second-order valence-electron chi connectivity index (χ2n) is 4.20. The zero-order chi connectivity index (χ0) is 13.7. The number of allylic oxidation sites excluding steroid dienone is 1. The van der Waals surface area contributed by atoms with Gasteiger partial charge in [-0.15, -0.1) is 0 Å². The quantitative estimate of drug-likeness (QED) is 0.781. The number of esters is 1. The van der Waals surface area contributed by atoms with Crippen molar-refractivity contribution in [3.63, 3.8) is 0 Å². The number of hydrogen-bond acceptors (Lipinski definition) is 4. The van der Waals surface area contributed by atoms with Crippen molar-refractivity contribution in [2.75, 3.05) is 7.11 Å². The highest BCUT2D eigenvalue weighted by Crippen LogP contribution is 2.22. The first-order valence-electron chi connectivity index (χ1n) is 6.30. The lowest BCUT2D eigenvalue weighted by molar-refractivity contribution is 0.0598. The zero-order valence-corrected chi connectivity index (χ0v) is 11.1. The van der Waals surface area contributed by atoms with Gasteiger partial charge in [-0.1, -0.05) is 19.1 Å². The molecule has 0 saturated heterocycles. The van der Waals surface area contributed by atoms with Crippen LogP contribution >= 0.6 is 0 Å². The fourth-order valence-corrected chi connectivity index (χ4v) is 1.94. The van der Waals surface area contributed by atoms with Crippen LogP contribution in [0.2, 0.25) is 0 Å². The van der Waals surface area contributed by atoms with Crippen LogP contribution in [0.4, 0.5) is 0 Å². The molecule has 1 aromatic rings. The van der Waals surface area contributed by atoms with E-state index in [1.165, 1.54) is 7.11 Å². The fourth-order valence-electron chi connectivity index (χ4n) is 1.94. The molecule has 1 unspecified atom stereocenters. The number of carbonyl (C=O) groups excluding carboxylic acids is 1. The first kappa shape index (κ1) is 13.3. The van der Waals surface area contributed by atoms with E-state index >= 15 is 0 Å². The summed E-state index contributed by atoms with van der Waals surface area (Å²) in [6.45, 7) is 2.00. The Balaban J connectivity index is 2.20. The van der Waals surface area contributed by atoms with Gasteiger partial charge in [0.05, 0.1) is 12.7 Å². The summed E-state index contributed by atoms with van der Waals surface area (Å²) in [5.41, 5.74) is 1.50. The van der Waals surface area contributed by atoms with Gasteiger partial charge in [0.15, 0.2) is 6.23 Å². The Morgan fingerprint density at radius 1 is 1.47 bits per heavy atom. The number of aryl methyl sites for hydroxylation is 1. The normalized spacial score (nSPS) is 17.3. The fraction of sp³-hybridized carbons (Fsp3) is 0.333. The summed E-state index contributed by atoms with van der Waals surface area (Å²) >= 11 is 0. The smallest absolute Gasteiger partial charge is 0.338 e. The van der Waals surface area contributed by atoms with Gasteiger partial charge in [0, 0.05) is 12.6 Å². The maximum atomic E-state index is 11.7. The van der Waals surface area contributed by atoms with Gasteiger partial charge in [0.2, 0.25) is 0 Å². The Morgan fingerprint density at radius 2 is 2.32 bits per heavy atom. The van der Waals surface area contributed by atoms with Gasteiger partial charge in [-0.3, -0.25) is 4.99 Å². The van der Waals surface area contributed by atoms with Crippen molar-refractivity contribution < 1.29 is 14.3 Å². The van der Waals surface area contributed by atoms with Crippen LogP contribution < -0.4 is 4.74 Å². The van der Waals surface area contributed by atoms with E-state index in [2.05, 4.69) is 4.99 Å². The van der Waals surface area contributed by atoms with E-state index in [0.29, 0.717) is 11.3 Å². The summed E-state index contributed by atoms with van der Waals surface area (Å²) in [6.07, 6.45) is 6.90. The summed E-state index contributed by atoms with van der Waals surface area (Å²) in [5, 5.41) is 0. The van der Waals surface area contributed by atoms with E-state index in [1.54, 1.807) is 12.3 Å². The predicted octanol–water partition coefficient (Wildman–Crippen LogP) is 2.77. The molecule has 100 valence electrons. The monoisotopic (exact) mass is 259 g/mol. The minimum Gasteiger partial charge on any atom is -0.468 e. The maximum absolute atomic E-state index is 11.7. The molecule has 0 aliphatic carbocycles. The van der Waals surface area contributed by atoms with Gasteiger partial charge in [-0.2, -0.15) is 0 Å². The van der Waals surface area contributed by atoms with Crippen molar-refractivity contribution in [2.24, 2.45) is 4.99 Å². The average Bonchev–Trinajstić information content (AvgIpc) is 2.47. The van der Waals surface area contributed by atoms with Gasteiger partial charge < -0.3 is 9.47 Å². The molecule has 2 rings (SSSR count). The summed E-state index contributed by atoms with van der Waals surface area (Å²) < 4.78 is 10.5. The standard InChI is InChI=1S/C15H17NO3/c1-3-11-7-8-12(10-13(11)15(17)18-2)19-14-6-4-5-9-16-14/h4-5,7-10,14H,3,6H2,1-2H3. The van der Waals surface area contributed by atoms with E-state index < -0.39 is 0 Å². The van der Waals surface area contributed by atoms with Crippen molar-refractivity contribution in [1.29, 1.82) is 0 Å². The molecular formula is C15H17NO3. The number of ether oxygens (including phenoxy) is 2. The van der Waals surface area contributed by atoms with Crippen LogP contribution in [0, 0.1) is 0 Å². The Morgan fingerprint density at radius 3 is 2.95 bits per heavy atom. The molecule has 0 spiro atoms. The molecule has 4 nitrogen and oxygen atoms in total. The van der Waals surface area contributed by atoms with Crippen LogP contribution in [0.1, 0.15) is 29.3 Å². The third-order valence-corrected chi connectivity index (χ3v) is 2.95. The molecule has 0 amide bonds. The molecule has 1 heterocycles. The SMILES string of the molecule is CCc1ccc(OC2CC=CC=N2)cc1C(=O)OC. The van der Waals surface area contributed by atoms with Crippen LogP contribution in [-0.2, 0) is 11.2 Å². The van der Waals surface area contributed by atoms with Gasteiger partial charge in [-0.25, -0.2) is 4.79 Å². The van der Waals surface area contributed by atoms with E-state index in [1.807, 2.05) is 31.2 Å². The number of dihydropyridines is 1. The average molecular weight is 259 g/mol. The first-order chi connectivity index (χ1) is 9.24. The van der Waals surface area contributed by atoms with Crippen LogP contribution in [0.15, 0.2) is 35.3 Å². The molecule has 4 heteroatoms. The predicted molar refractivity (Wildman–Crippen MR) is 73.8 cm³/mol. The second-order valence-corrected chi connectivity index (χ2v) is 4.20. The highest BCUT2D eigenvalue weighted by Gasteiger charge is 2.14. The molecule has 1 aliphatic rings. The number of rotatable bonds is 4. The topological polar surface area (TPSA) is 47.9 Å². The minimum atomic E-state index is -0.339. The molecule has 19 heavy (non-hydrogen) atoms. The largest absolute Gasteiger partial charge is 0.468 e. The van der Waals surface area contributed by atoms with Gasteiger partial charge in [0.1, 0.15) is 5.75 Å². The lowest BCUT2D eigenvalue weighted by Gasteiger charge is -2.16. The minimum absolute atomic E-state index is 0.219. The molecular weight excluding hydrogens is 242 g/mol. The number of hydrogen-bond donors (Lipinski definition) is 0. The summed E-state index contributed by atoms with van der Waals surface area (Å²) in [5.74, 6) is 0.296. The molecule has 0 radical (unpaired) electrons. The molecule has 1 atom stereocenters. The van der Waals surface area contributed by atoms with Crippen LogP contribution in [-0.4, -0.2) is 25.5 Å². The maximum Gasteiger partial charge on any atom is 0.338 e. The molecule has 0 aromatic heterocycles. The number of nitrogens with zero attached hydrogens (tertiary/aromatic N) is 1. The second kappa shape index (κ2) is 6.18. The highest BCUT2D eigenvalue weighted by atomic mass is 16.5. The number of methoxy groups -OCH3 is 1. The third-order valence-electron chi connectivity index (χ3n) is 2.95. The molecule has 1 aromatic carbocycles. The Bertz CT molecular complexity index is 520. The van der Waals surface area contributed by atoms with Gasteiger partial charge in [-0.05, 0) is 30.2 Å². The van der Waals surface area contributed by atoms with Crippen molar-refractivity contribution in [3.05, 3.63) is 41.5 Å². The molecule has 0 saturated carbocycles. The van der Waals surface area contributed by atoms with Crippen LogP contribution in [0.25, 0.3) is 0 Å². The van der Waals surface area contributed by atoms with Gasteiger partial charge >= 0.3 is 5.97 Å². The summed E-state index contributed by atoms with van der Waals surface area (Å²) in [7, 11) is 1.38. The van der Waals surface area contributed by atoms with Crippen molar-refractivity contribution in [1.82, 2.24) is 0 Å². The van der Waals surface area contributed by atoms with Crippen LogP contribution in [0.5, 0.6) is 5.75 Å². The Labute approximate surface area is 112 Å². The Hall–Kier alpha value is -2.10. The number of aliphatic imine (C=N–C) groups is 1. The number of carbonyl (C=O) groups is 1. The van der Waals surface area contributed by atoms with Crippen LogP contribution in [0.3, 0.4) is 0 Å². The van der Waals surface area contributed by atoms with E-state index in [0.717, 1.165) is 18.4 Å². The van der Waals surface area contributed by atoms with Gasteiger partial charge in [0.25, 0.3) is 0 Å². The van der Waals surface area contributed by atoms with E-state index in [-0.39, 0.29) is 12.2 Å². The summed E-state index contributed by atoms with van der Waals surface area (Å²) in [6, 6.07) is 5.47. The number of benzene rings is 1. The van der Waals surface area contributed by atoms with Crippen molar-refractivity contribution >= 4 is 12.2 Å². The highest BCUT2D eigenvalue weighted by molar-refractivity contribution is 5.91. The molecule has 1 aliphatic heterocycles. The molecule has 0 bridgehead atoms. The summed E-state index contributed by atoms with van der Waals surface area (Å²) in [4.78, 5) is 15.9. The van der Waals surface area contributed by atoms with E-state index in [9.17, 15) is 4.79 Å².